The van der Waals surface area contributed by atoms with Gasteiger partial charge in [0.25, 0.3) is 5.91 Å². The average molecular weight is 545 g/mol. The van der Waals surface area contributed by atoms with Gasteiger partial charge in [0.05, 0.1) is 19.0 Å². The maximum Gasteiger partial charge on any atom is 0.272 e. The van der Waals surface area contributed by atoms with Crippen LogP contribution in [0.5, 0.6) is 5.88 Å². The van der Waals surface area contributed by atoms with Crippen LogP contribution in [0.3, 0.4) is 0 Å². The van der Waals surface area contributed by atoms with Crippen LogP contribution in [0.2, 0.25) is 0 Å². The summed E-state index contributed by atoms with van der Waals surface area (Å²) in [6.45, 7) is 6.23. The highest BCUT2D eigenvalue weighted by Gasteiger charge is 2.55. The Morgan fingerprint density at radius 2 is 2.05 bits per heavy atom. The Morgan fingerprint density at radius 1 is 1.28 bits per heavy atom. The first-order chi connectivity index (χ1) is 18.6. The molecule has 1 spiro atoms. The number of alkyl halides is 1. The summed E-state index contributed by atoms with van der Waals surface area (Å²) in [5.74, 6) is -0.249. The zero-order valence-electron chi connectivity index (χ0n) is 22.9. The van der Waals surface area contributed by atoms with Gasteiger partial charge in [0, 0.05) is 54.8 Å². The van der Waals surface area contributed by atoms with Gasteiger partial charge in [0.15, 0.2) is 5.82 Å². The Balaban J connectivity index is 0.000000177. The van der Waals surface area contributed by atoms with Crippen molar-refractivity contribution in [3.8, 4) is 17.1 Å². The van der Waals surface area contributed by atoms with Crippen molar-refractivity contribution in [1.29, 1.82) is 0 Å². The van der Waals surface area contributed by atoms with Crippen LogP contribution in [0.1, 0.15) is 69.3 Å². The summed E-state index contributed by atoms with van der Waals surface area (Å²) in [5.41, 5.74) is 0.225. The summed E-state index contributed by atoms with van der Waals surface area (Å²) in [7, 11) is 1.47. The molecule has 39 heavy (non-hydrogen) atoms. The first-order valence-corrected chi connectivity index (χ1v) is 13.7. The number of nitrogens with zero attached hydrogens (tertiary/aromatic N) is 4. The van der Waals surface area contributed by atoms with Crippen molar-refractivity contribution in [2.75, 3.05) is 33.3 Å². The van der Waals surface area contributed by atoms with E-state index < -0.39 is 11.5 Å². The molecule has 212 valence electrons. The van der Waals surface area contributed by atoms with Crippen molar-refractivity contribution in [2.24, 2.45) is 5.41 Å². The van der Waals surface area contributed by atoms with Gasteiger partial charge in [-0.3, -0.25) is 19.6 Å². The second-order valence-electron chi connectivity index (χ2n) is 12.2. The SMILES string of the molecule is CC(C)(F)CN1CC2(CNC=O)CC1C2.COc1cc(-c2cc(C(=O)N3CCCCC34CC4)[nH]n2)c(F)cn1. The molecule has 2 aliphatic carbocycles. The molecule has 5 fully saturated rings. The molecule has 0 aromatic carbocycles. The first kappa shape index (κ1) is 27.5. The van der Waals surface area contributed by atoms with Gasteiger partial charge in [-0.05, 0) is 64.9 Å². The van der Waals surface area contributed by atoms with E-state index in [9.17, 15) is 18.4 Å². The van der Waals surface area contributed by atoms with Gasteiger partial charge in [-0.1, -0.05) is 0 Å². The number of hydrogen-bond acceptors (Lipinski definition) is 6. The highest BCUT2D eigenvalue weighted by atomic mass is 19.1. The summed E-state index contributed by atoms with van der Waals surface area (Å²) >= 11 is 0. The molecule has 0 unspecified atom stereocenters. The van der Waals surface area contributed by atoms with Crippen LogP contribution >= 0.6 is 0 Å². The average Bonchev–Trinajstić information content (AvgIpc) is 3.21. The molecular formula is C28H38F2N6O3. The lowest BCUT2D eigenvalue weighted by atomic mass is 9.70. The molecule has 2 N–H and O–H groups in total. The number of carbonyl (C=O) groups excluding carboxylic acids is 2. The minimum atomic E-state index is -1.11. The molecule has 2 aromatic heterocycles. The van der Waals surface area contributed by atoms with Gasteiger partial charge in [-0.15, -0.1) is 0 Å². The number of fused-ring (bicyclic) bond motifs is 1. The fourth-order valence-corrected chi connectivity index (χ4v) is 6.53. The number of pyridine rings is 1. The number of H-pyrrole nitrogens is 1. The zero-order chi connectivity index (χ0) is 27.8. The second kappa shape index (κ2) is 10.5. The Hall–Kier alpha value is -3.08. The molecule has 2 amide bonds. The van der Waals surface area contributed by atoms with E-state index >= 15 is 0 Å². The topological polar surface area (TPSA) is 103 Å². The van der Waals surface area contributed by atoms with Gasteiger partial charge in [-0.2, -0.15) is 5.10 Å². The molecule has 9 nitrogen and oxygen atoms in total. The summed E-state index contributed by atoms with van der Waals surface area (Å²) in [6, 6.07) is 3.63. The minimum Gasteiger partial charge on any atom is -0.481 e. The molecule has 2 bridgehead atoms. The quantitative estimate of drug-likeness (QED) is 0.491. The lowest BCUT2D eigenvalue weighted by Gasteiger charge is -2.37. The van der Waals surface area contributed by atoms with Gasteiger partial charge in [0.2, 0.25) is 12.3 Å². The zero-order valence-corrected chi connectivity index (χ0v) is 22.9. The smallest absolute Gasteiger partial charge is 0.272 e. The Labute approximate surface area is 227 Å². The number of amides is 2. The van der Waals surface area contributed by atoms with Crippen LogP contribution < -0.4 is 10.1 Å². The van der Waals surface area contributed by atoms with E-state index in [4.69, 9.17) is 4.74 Å². The Kier molecular flexibility index (Phi) is 7.39. The number of halogens is 2. The number of ether oxygens (including phenoxy) is 1. The molecule has 0 radical (unpaired) electrons. The van der Waals surface area contributed by atoms with Crippen molar-refractivity contribution in [2.45, 2.75) is 76.0 Å². The van der Waals surface area contributed by atoms with Crippen LogP contribution in [0, 0.1) is 11.2 Å². The van der Waals surface area contributed by atoms with Crippen molar-refractivity contribution >= 4 is 12.3 Å². The van der Waals surface area contributed by atoms with E-state index in [1.165, 1.54) is 19.6 Å². The highest BCUT2D eigenvalue weighted by molar-refractivity contribution is 5.94. The van der Waals surface area contributed by atoms with E-state index in [1.807, 2.05) is 4.90 Å². The number of rotatable bonds is 8. The monoisotopic (exact) mass is 544 g/mol. The normalized spacial score (nSPS) is 24.9. The number of hydrogen-bond donors (Lipinski definition) is 2. The summed E-state index contributed by atoms with van der Waals surface area (Å²) < 4.78 is 32.5. The summed E-state index contributed by atoms with van der Waals surface area (Å²) in [6.07, 6.45) is 9.53. The first-order valence-electron chi connectivity index (χ1n) is 13.7. The molecule has 0 atom stereocenters. The predicted octanol–water partition coefficient (Wildman–Crippen LogP) is 3.72. The maximum atomic E-state index is 14.0. The number of nitrogens with one attached hydrogen (secondary N) is 2. The lowest BCUT2D eigenvalue weighted by Crippen LogP contribution is -2.45. The molecule has 2 aromatic rings. The molecule has 5 heterocycles. The highest BCUT2D eigenvalue weighted by Crippen LogP contribution is 2.51. The number of likely N-dealkylation sites (tertiary alicyclic amines) is 1. The fourth-order valence-electron chi connectivity index (χ4n) is 6.53. The van der Waals surface area contributed by atoms with Crippen LogP contribution in [-0.2, 0) is 4.79 Å². The van der Waals surface area contributed by atoms with E-state index in [-0.39, 0.29) is 22.4 Å². The third-order valence-corrected chi connectivity index (χ3v) is 8.57. The fraction of sp³-hybridized carbons (Fsp3) is 0.643. The van der Waals surface area contributed by atoms with Crippen LogP contribution in [0.15, 0.2) is 18.3 Å². The largest absolute Gasteiger partial charge is 0.481 e. The molecular weight excluding hydrogens is 506 g/mol. The molecule has 7 rings (SSSR count). The summed E-state index contributed by atoms with van der Waals surface area (Å²) in [4.78, 5) is 31.1. The van der Waals surface area contributed by atoms with E-state index in [0.29, 0.717) is 29.9 Å². The number of methoxy groups -OCH3 is 1. The van der Waals surface area contributed by atoms with Crippen LogP contribution in [0.25, 0.3) is 11.3 Å². The van der Waals surface area contributed by atoms with Crippen LogP contribution in [0.4, 0.5) is 8.78 Å². The molecule has 3 saturated heterocycles. The number of piperidine rings is 1. The van der Waals surface area contributed by atoms with Crippen molar-refractivity contribution in [1.82, 2.24) is 30.3 Å². The third kappa shape index (κ3) is 5.78. The van der Waals surface area contributed by atoms with Gasteiger partial charge < -0.3 is 15.0 Å². The molecule has 11 heteroatoms. The van der Waals surface area contributed by atoms with Gasteiger partial charge in [-0.25, -0.2) is 13.8 Å². The third-order valence-electron chi connectivity index (χ3n) is 8.57. The summed E-state index contributed by atoms with van der Waals surface area (Å²) in [5, 5.41) is 9.62. The van der Waals surface area contributed by atoms with Crippen molar-refractivity contribution < 1.29 is 23.1 Å². The Morgan fingerprint density at radius 3 is 2.72 bits per heavy atom. The second-order valence-corrected chi connectivity index (χ2v) is 12.2. The number of carbonyl (C=O) groups is 2. The van der Waals surface area contributed by atoms with E-state index in [2.05, 4.69) is 25.4 Å². The minimum absolute atomic E-state index is 0.0487. The molecule has 2 saturated carbocycles. The van der Waals surface area contributed by atoms with E-state index in [0.717, 1.165) is 70.8 Å². The van der Waals surface area contributed by atoms with Crippen LogP contribution in [-0.4, -0.2) is 87.8 Å². The van der Waals surface area contributed by atoms with E-state index in [1.54, 1.807) is 19.9 Å². The van der Waals surface area contributed by atoms with Crippen molar-refractivity contribution in [3.63, 3.8) is 0 Å². The Bertz CT molecular complexity index is 1200. The molecule has 5 aliphatic rings. The predicted molar refractivity (Wildman–Crippen MR) is 141 cm³/mol. The lowest BCUT2D eigenvalue weighted by molar-refractivity contribution is -0.110. The van der Waals surface area contributed by atoms with Gasteiger partial charge >= 0.3 is 0 Å². The number of aromatic nitrogens is 3. The standard InChI is InChI=1S/C17H19FN4O2.C11H19FN2O/c1-24-15-8-11(12(18)10-19-15)13-9-14(21-20-13)16(23)22-7-3-2-4-17(22)5-6-17;1-10(2,12)6-14-7-11(5-13-8-15)3-9(14)4-11/h8-10H,2-7H2,1H3,(H,20,21);8-9H,3-7H2,1-2H3,(H,13,15). The number of aromatic amines is 1. The van der Waals surface area contributed by atoms with Gasteiger partial charge in [0.1, 0.15) is 11.4 Å². The molecule has 3 aliphatic heterocycles. The maximum absolute atomic E-state index is 14.0. The van der Waals surface area contributed by atoms with Crippen molar-refractivity contribution in [3.05, 3.63) is 29.8 Å².